The van der Waals surface area contributed by atoms with Gasteiger partial charge in [-0.05, 0) is 58.2 Å². The molecular formula is C19H29N3O2. The number of nitrogens with zero attached hydrogens (tertiary/aromatic N) is 3. The van der Waals surface area contributed by atoms with Crippen LogP contribution in [0.25, 0.3) is 0 Å². The second kappa shape index (κ2) is 8.47. The third kappa shape index (κ3) is 4.26. The van der Waals surface area contributed by atoms with Gasteiger partial charge in [-0.1, -0.05) is 6.07 Å². The summed E-state index contributed by atoms with van der Waals surface area (Å²) in [7, 11) is 0. The Labute approximate surface area is 145 Å². The van der Waals surface area contributed by atoms with Crippen LogP contribution < -0.4 is 4.74 Å². The van der Waals surface area contributed by atoms with Gasteiger partial charge < -0.3 is 9.64 Å². The second-order valence-corrected chi connectivity index (χ2v) is 6.84. The number of amides is 1. The van der Waals surface area contributed by atoms with E-state index in [1.54, 1.807) is 6.20 Å². The van der Waals surface area contributed by atoms with Crippen molar-refractivity contribution in [3.63, 3.8) is 0 Å². The van der Waals surface area contributed by atoms with Crippen molar-refractivity contribution in [3.05, 3.63) is 23.9 Å². The molecule has 3 rings (SSSR count). The summed E-state index contributed by atoms with van der Waals surface area (Å²) in [5.41, 5.74) is 1.14. The molecule has 0 unspecified atom stereocenters. The minimum absolute atomic E-state index is 0.222. The van der Waals surface area contributed by atoms with Gasteiger partial charge in [-0.3, -0.25) is 9.69 Å². The van der Waals surface area contributed by atoms with Gasteiger partial charge in [-0.25, -0.2) is 4.98 Å². The number of pyridine rings is 1. The fraction of sp³-hybridized carbons (Fsp3) is 0.684. The standard InChI is InChI=1S/C19H29N3O2/c1-2-24-18-17(7-6-10-20-18)15-21-13-8-16(9-14-21)19(23)22-11-4-3-5-12-22/h6-7,10,16H,2-5,8-9,11-15H2,1H3. The van der Waals surface area contributed by atoms with Crippen LogP contribution in [0.15, 0.2) is 18.3 Å². The average Bonchev–Trinajstić information content (AvgIpc) is 2.64. The van der Waals surface area contributed by atoms with Crippen molar-refractivity contribution in [3.8, 4) is 5.88 Å². The molecule has 2 fully saturated rings. The first-order valence-corrected chi connectivity index (χ1v) is 9.35. The lowest BCUT2D eigenvalue weighted by Crippen LogP contribution is -2.44. The van der Waals surface area contributed by atoms with Gasteiger partial charge in [0.15, 0.2) is 0 Å². The molecule has 0 spiro atoms. The maximum Gasteiger partial charge on any atom is 0.225 e. The van der Waals surface area contributed by atoms with Crippen LogP contribution >= 0.6 is 0 Å². The van der Waals surface area contributed by atoms with E-state index in [0.717, 1.165) is 57.0 Å². The highest BCUT2D eigenvalue weighted by Gasteiger charge is 2.29. The minimum atomic E-state index is 0.222. The number of carbonyl (C=O) groups excluding carboxylic acids is 1. The molecular weight excluding hydrogens is 302 g/mol. The zero-order chi connectivity index (χ0) is 16.8. The van der Waals surface area contributed by atoms with E-state index in [0.29, 0.717) is 12.5 Å². The van der Waals surface area contributed by atoms with Crippen LogP contribution in [-0.4, -0.2) is 53.5 Å². The van der Waals surface area contributed by atoms with Crippen molar-refractivity contribution < 1.29 is 9.53 Å². The zero-order valence-corrected chi connectivity index (χ0v) is 14.7. The molecule has 2 saturated heterocycles. The van der Waals surface area contributed by atoms with Crippen LogP contribution in [0.3, 0.4) is 0 Å². The third-order valence-corrected chi connectivity index (χ3v) is 5.13. The quantitative estimate of drug-likeness (QED) is 0.832. The van der Waals surface area contributed by atoms with E-state index in [4.69, 9.17) is 4.74 Å². The molecule has 132 valence electrons. The Morgan fingerprint density at radius 1 is 1.21 bits per heavy atom. The summed E-state index contributed by atoms with van der Waals surface area (Å²) in [6.45, 7) is 7.36. The fourth-order valence-electron chi connectivity index (χ4n) is 3.76. The SMILES string of the molecule is CCOc1ncccc1CN1CCC(C(=O)N2CCCCC2)CC1. The maximum atomic E-state index is 12.6. The van der Waals surface area contributed by atoms with Crippen LogP contribution in [0, 0.1) is 5.92 Å². The van der Waals surface area contributed by atoms with E-state index in [2.05, 4.69) is 20.9 Å². The number of aromatic nitrogens is 1. The summed E-state index contributed by atoms with van der Waals surface area (Å²) in [4.78, 5) is 21.5. The Hall–Kier alpha value is -1.62. The summed E-state index contributed by atoms with van der Waals surface area (Å²) >= 11 is 0. The fourth-order valence-corrected chi connectivity index (χ4v) is 3.76. The van der Waals surface area contributed by atoms with Crippen LogP contribution in [0.5, 0.6) is 5.88 Å². The van der Waals surface area contributed by atoms with Gasteiger partial charge in [0.2, 0.25) is 11.8 Å². The molecule has 24 heavy (non-hydrogen) atoms. The van der Waals surface area contributed by atoms with Gasteiger partial charge in [0.25, 0.3) is 0 Å². The molecule has 2 aliphatic heterocycles. The summed E-state index contributed by atoms with van der Waals surface area (Å²) in [5.74, 6) is 1.36. The van der Waals surface area contributed by atoms with Crippen molar-refractivity contribution in [2.24, 2.45) is 5.92 Å². The number of likely N-dealkylation sites (tertiary alicyclic amines) is 2. The molecule has 0 bridgehead atoms. The molecule has 0 atom stereocenters. The first-order valence-electron chi connectivity index (χ1n) is 9.35. The van der Waals surface area contributed by atoms with Gasteiger partial charge in [-0.2, -0.15) is 0 Å². The molecule has 0 aromatic carbocycles. The van der Waals surface area contributed by atoms with Gasteiger partial charge in [-0.15, -0.1) is 0 Å². The Kier molecular flexibility index (Phi) is 6.07. The Morgan fingerprint density at radius 2 is 1.96 bits per heavy atom. The topological polar surface area (TPSA) is 45.7 Å². The van der Waals surface area contributed by atoms with E-state index in [1.807, 2.05) is 13.0 Å². The Morgan fingerprint density at radius 3 is 2.67 bits per heavy atom. The molecule has 0 aliphatic carbocycles. The molecule has 3 heterocycles. The van der Waals surface area contributed by atoms with E-state index >= 15 is 0 Å². The second-order valence-electron chi connectivity index (χ2n) is 6.84. The molecule has 5 nitrogen and oxygen atoms in total. The predicted octanol–water partition coefficient (Wildman–Crippen LogP) is 2.70. The highest BCUT2D eigenvalue weighted by Crippen LogP contribution is 2.24. The van der Waals surface area contributed by atoms with E-state index in [9.17, 15) is 4.79 Å². The van der Waals surface area contributed by atoms with Crippen molar-refractivity contribution in [1.29, 1.82) is 0 Å². The molecule has 0 radical (unpaired) electrons. The van der Waals surface area contributed by atoms with E-state index < -0.39 is 0 Å². The van der Waals surface area contributed by atoms with Gasteiger partial charge in [0.1, 0.15) is 0 Å². The number of hydrogen-bond donors (Lipinski definition) is 0. The van der Waals surface area contributed by atoms with Gasteiger partial charge >= 0.3 is 0 Å². The lowest BCUT2D eigenvalue weighted by molar-refractivity contribution is -0.138. The van der Waals surface area contributed by atoms with Crippen molar-refractivity contribution in [2.45, 2.75) is 45.6 Å². The minimum Gasteiger partial charge on any atom is -0.478 e. The van der Waals surface area contributed by atoms with Crippen molar-refractivity contribution in [2.75, 3.05) is 32.8 Å². The van der Waals surface area contributed by atoms with Crippen molar-refractivity contribution >= 4 is 5.91 Å². The third-order valence-electron chi connectivity index (χ3n) is 5.13. The average molecular weight is 331 g/mol. The number of carbonyl (C=O) groups is 1. The first kappa shape index (κ1) is 17.2. The van der Waals surface area contributed by atoms with E-state index in [1.165, 1.54) is 19.3 Å². The van der Waals surface area contributed by atoms with Gasteiger partial charge in [0, 0.05) is 37.3 Å². The largest absolute Gasteiger partial charge is 0.478 e. The smallest absolute Gasteiger partial charge is 0.225 e. The molecule has 1 aromatic heterocycles. The number of piperidine rings is 2. The molecule has 5 heteroatoms. The number of hydrogen-bond acceptors (Lipinski definition) is 4. The normalized spacial score (nSPS) is 20.1. The molecule has 0 saturated carbocycles. The number of ether oxygens (including phenoxy) is 1. The number of rotatable bonds is 5. The lowest BCUT2D eigenvalue weighted by Gasteiger charge is -2.35. The maximum absolute atomic E-state index is 12.6. The molecule has 1 aromatic rings. The first-order chi connectivity index (χ1) is 11.8. The predicted molar refractivity (Wildman–Crippen MR) is 93.8 cm³/mol. The Bertz CT molecular complexity index is 535. The molecule has 1 amide bonds. The van der Waals surface area contributed by atoms with Crippen LogP contribution in [-0.2, 0) is 11.3 Å². The molecule has 0 N–H and O–H groups in total. The Balaban J connectivity index is 1.51. The van der Waals surface area contributed by atoms with Gasteiger partial charge in [0.05, 0.1) is 6.61 Å². The summed E-state index contributed by atoms with van der Waals surface area (Å²) in [5, 5.41) is 0. The van der Waals surface area contributed by atoms with Crippen LogP contribution in [0.4, 0.5) is 0 Å². The van der Waals surface area contributed by atoms with Crippen LogP contribution in [0.1, 0.15) is 44.6 Å². The highest BCUT2D eigenvalue weighted by atomic mass is 16.5. The summed E-state index contributed by atoms with van der Waals surface area (Å²) in [6.07, 6.45) is 7.34. The zero-order valence-electron chi connectivity index (χ0n) is 14.7. The molecule has 2 aliphatic rings. The highest BCUT2D eigenvalue weighted by molar-refractivity contribution is 5.79. The van der Waals surface area contributed by atoms with Crippen molar-refractivity contribution in [1.82, 2.24) is 14.8 Å². The monoisotopic (exact) mass is 331 g/mol. The summed E-state index contributed by atoms with van der Waals surface area (Å²) < 4.78 is 5.62. The van der Waals surface area contributed by atoms with Crippen LogP contribution in [0.2, 0.25) is 0 Å². The summed E-state index contributed by atoms with van der Waals surface area (Å²) in [6, 6.07) is 4.05. The lowest BCUT2D eigenvalue weighted by atomic mass is 9.94. The van der Waals surface area contributed by atoms with E-state index in [-0.39, 0.29) is 5.92 Å².